The second-order valence-electron chi connectivity index (χ2n) is 5.27. The first kappa shape index (κ1) is 15.4. The van der Waals surface area contributed by atoms with Gasteiger partial charge in [-0.25, -0.2) is 8.78 Å². The van der Waals surface area contributed by atoms with Gasteiger partial charge in [0.1, 0.15) is 17.2 Å². The summed E-state index contributed by atoms with van der Waals surface area (Å²) in [5, 5.41) is 0. The Bertz CT molecular complexity index is 476. The van der Waals surface area contributed by atoms with E-state index < -0.39 is 23.1 Å². The lowest BCUT2D eigenvalue weighted by Crippen LogP contribution is -2.39. The van der Waals surface area contributed by atoms with E-state index in [2.05, 4.69) is 22.9 Å². The van der Waals surface area contributed by atoms with Crippen molar-refractivity contribution in [2.24, 2.45) is 5.92 Å². The van der Waals surface area contributed by atoms with Gasteiger partial charge in [-0.3, -0.25) is 4.79 Å². The second kappa shape index (κ2) is 6.66. The fourth-order valence-electron chi connectivity index (χ4n) is 2.74. The third-order valence-corrected chi connectivity index (χ3v) is 4.28. The van der Waals surface area contributed by atoms with Gasteiger partial charge in [-0.15, -0.1) is 0 Å². The first-order valence-electron chi connectivity index (χ1n) is 6.96. The molecule has 1 amide bonds. The average molecular weight is 346 g/mol. The number of rotatable bonds is 3. The molecule has 1 heterocycles. The third-order valence-electron chi connectivity index (χ3n) is 3.82. The molecule has 20 heavy (non-hydrogen) atoms. The maximum absolute atomic E-state index is 13.8. The number of benzene rings is 1. The summed E-state index contributed by atoms with van der Waals surface area (Å²) in [6.45, 7) is 3.31. The SMILES string of the molecule is CCCC1CCN(C(=O)c2c(F)cc(Br)cc2F)CC1. The van der Waals surface area contributed by atoms with Crippen molar-refractivity contribution in [3.63, 3.8) is 0 Å². The van der Waals surface area contributed by atoms with E-state index >= 15 is 0 Å². The van der Waals surface area contributed by atoms with Gasteiger partial charge in [-0.1, -0.05) is 35.7 Å². The molecular weight excluding hydrogens is 328 g/mol. The van der Waals surface area contributed by atoms with Gasteiger partial charge in [0.05, 0.1) is 0 Å². The summed E-state index contributed by atoms with van der Waals surface area (Å²) < 4.78 is 27.9. The van der Waals surface area contributed by atoms with E-state index in [4.69, 9.17) is 0 Å². The highest BCUT2D eigenvalue weighted by atomic mass is 79.9. The summed E-state index contributed by atoms with van der Waals surface area (Å²) in [5.41, 5.74) is -0.442. The summed E-state index contributed by atoms with van der Waals surface area (Å²) in [4.78, 5) is 13.8. The Morgan fingerprint density at radius 2 is 1.85 bits per heavy atom. The number of carbonyl (C=O) groups is 1. The van der Waals surface area contributed by atoms with Crippen LogP contribution in [-0.2, 0) is 0 Å². The topological polar surface area (TPSA) is 20.3 Å². The minimum absolute atomic E-state index is 0.297. The number of likely N-dealkylation sites (tertiary alicyclic amines) is 1. The second-order valence-corrected chi connectivity index (χ2v) is 6.18. The van der Waals surface area contributed by atoms with Crippen molar-refractivity contribution in [2.45, 2.75) is 32.6 Å². The first-order chi connectivity index (χ1) is 9.52. The van der Waals surface area contributed by atoms with E-state index in [-0.39, 0.29) is 0 Å². The van der Waals surface area contributed by atoms with Crippen molar-refractivity contribution >= 4 is 21.8 Å². The Kier molecular flexibility index (Phi) is 5.13. The van der Waals surface area contributed by atoms with Crippen molar-refractivity contribution in [3.05, 3.63) is 33.8 Å². The molecule has 1 fully saturated rings. The lowest BCUT2D eigenvalue weighted by atomic mass is 9.92. The van der Waals surface area contributed by atoms with Gasteiger partial charge >= 0.3 is 0 Å². The Morgan fingerprint density at radius 3 is 2.35 bits per heavy atom. The van der Waals surface area contributed by atoms with Crippen LogP contribution in [0.4, 0.5) is 8.78 Å². The lowest BCUT2D eigenvalue weighted by Gasteiger charge is -2.32. The van der Waals surface area contributed by atoms with Gasteiger partial charge in [0, 0.05) is 17.6 Å². The largest absolute Gasteiger partial charge is 0.338 e. The van der Waals surface area contributed by atoms with E-state index in [9.17, 15) is 13.6 Å². The Balaban J connectivity index is 2.10. The molecule has 110 valence electrons. The zero-order valence-electron chi connectivity index (χ0n) is 11.5. The predicted octanol–water partition coefficient (Wildman–Crippen LogP) is 4.38. The standard InChI is InChI=1S/C15H18BrF2NO/c1-2-3-10-4-6-19(7-5-10)15(20)14-12(17)8-11(16)9-13(14)18/h8-10H,2-7H2,1H3. The van der Waals surface area contributed by atoms with E-state index in [1.165, 1.54) is 0 Å². The van der Waals surface area contributed by atoms with Crippen molar-refractivity contribution in [1.82, 2.24) is 4.90 Å². The monoisotopic (exact) mass is 345 g/mol. The maximum atomic E-state index is 13.8. The van der Waals surface area contributed by atoms with E-state index in [1.807, 2.05) is 0 Å². The number of hydrogen-bond acceptors (Lipinski definition) is 1. The number of carbonyl (C=O) groups excluding carboxylic acids is 1. The highest BCUT2D eigenvalue weighted by molar-refractivity contribution is 9.10. The zero-order chi connectivity index (χ0) is 14.7. The van der Waals surface area contributed by atoms with Gasteiger partial charge < -0.3 is 4.90 Å². The fraction of sp³-hybridized carbons (Fsp3) is 0.533. The zero-order valence-corrected chi connectivity index (χ0v) is 13.1. The number of piperidine rings is 1. The van der Waals surface area contributed by atoms with Crippen LogP contribution in [0.25, 0.3) is 0 Å². The summed E-state index contributed by atoms with van der Waals surface area (Å²) in [6.07, 6.45) is 4.12. The number of hydrogen-bond donors (Lipinski definition) is 0. The van der Waals surface area contributed by atoms with Crippen molar-refractivity contribution in [3.8, 4) is 0 Å². The predicted molar refractivity (Wildman–Crippen MR) is 77.6 cm³/mol. The summed E-state index contributed by atoms with van der Waals surface area (Å²) in [6, 6.07) is 2.25. The molecular formula is C15H18BrF2NO. The molecule has 0 unspecified atom stereocenters. The lowest BCUT2D eigenvalue weighted by molar-refractivity contribution is 0.0676. The summed E-state index contributed by atoms with van der Waals surface area (Å²) in [5.74, 6) is -1.53. The highest BCUT2D eigenvalue weighted by Gasteiger charge is 2.27. The minimum Gasteiger partial charge on any atom is -0.338 e. The number of nitrogens with zero attached hydrogens (tertiary/aromatic N) is 1. The maximum Gasteiger partial charge on any atom is 0.259 e. The van der Waals surface area contributed by atoms with Crippen molar-refractivity contribution in [2.75, 3.05) is 13.1 Å². The molecule has 0 radical (unpaired) electrons. The Labute approximate surface area is 126 Å². The normalized spacial score (nSPS) is 16.5. The van der Waals surface area contributed by atoms with Crippen LogP contribution in [0.2, 0.25) is 0 Å². The molecule has 5 heteroatoms. The van der Waals surface area contributed by atoms with Crippen LogP contribution in [0.15, 0.2) is 16.6 Å². The molecule has 0 aliphatic carbocycles. The van der Waals surface area contributed by atoms with Gasteiger partial charge in [0.2, 0.25) is 0 Å². The third kappa shape index (κ3) is 3.37. The molecule has 0 aromatic heterocycles. The highest BCUT2D eigenvalue weighted by Crippen LogP contribution is 2.25. The van der Waals surface area contributed by atoms with Gasteiger partial charge in [0.25, 0.3) is 5.91 Å². The molecule has 0 N–H and O–H groups in total. The van der Waals surface area contributed by atoms with E-state index in [0.29, 0.717) is 23.5 Å². The number of amides is 1. The van der Waals surface area contributed by atoms with Crippen LogP contribution in [0.5, 0.6) is 0 Å². The molecule has 1 aromatic carbocycles. The van der Waals surface area contributed by atoms with Crippen LogP contribution in [0.1, 0.15) is 43.0 Å². The van der Waals surface area contributed by atoms with Gasteiger partial charge in [-0.05, 0) is 30.9 Å². The Hall–Kier alpha value is -0.970. The van der Waals surface area contributed by atoms with Crippen LogP contribution >= 0.6 is 15.9 Å². The molecule has 0 saturated carbocycles. The fourth-order valence-corrected chi connectivity index (χ4v) is 3.14. The van der Waals surface area contributed by atoms with E-state index in [0.717, 1.165) is 37.8 Å². The van der Waals surface area contributed by atoms with Crippen molar-refractivity contribution in [1.29, 1.82) is 0 Å². The summed E-state index contributed by atoms with van der Waals surface area (Å²) in [7, 11) is 0. The smallest absolute Gasteiger partial charge is 0.259 e. The molecule has 2 nitrogen and oxygen atoms in total. The van der Waals surface area contributed by atoms with Gasteiger partial charge in [-0.2, -0.15) is 0 Å². The summed E-state index contributed by atoms with van der Waals surface area (Å²) >= 11 is 3.01. The van der Waals surface area contributed by atoms with Crippen LogP contribution in [-0.4, -0.2) is 23.9 Å². The quantitative estimate of drug-likeness (QED) is 0.795. The van der Waals surface area contributed by atoms with Gasteiger partial charge in [0.15, 0.2) is 0 Å². The van der Waals surface area contributed by atoms with Crippen molar-refractivity contribution < 1.29 is 13.6 Å². The van der Waals surface area contributed by atoms with Crippen LogP contribution < -0.4 is 0 Å². The molecule has 1 saturated heterocycles. The average Bonchev–Trinajstić information content (AvgIpc) is 2.38. The number of halogens is 3. The van der Waals surface area contributed by atoms with Crippen LogP contribution in [0.3, 0.4) is 0 Å². The van der Waals surface area contributed by atoms with E-state index in [1.54, 1.807) is 4.90 Å². The molecule has 1 aliphatic rings. The molecule has 0 spiro atoms. The molecule has 1 aliphatic heterocycles. The Morgan fingerprint density at radius 1 is 1.30 bits per heavy atom. The molecule has 1 aromatic rings. The molecule has 2 rings (SSSR count). The minimum atomic E-state index is -0.808. The molecule has 0 atom stereocenters. The van der Waals surface area contributed by atoms with Crippen LogP contribution in [0, 0.1) is 17.6 Å². The molecule has 0 bridgehead atoms. The first-order valence-corrected chi connectivity index (χ1v) is 7.76.